The first-order chi connectivity index (χ1) is 15.0. The van der Waals surface area contributed by atoms with Crippen molar-refractivity contribution >= 4 is 30.3 Å². The van der Waals surface area contributed by atoms with Crippen molar-refractivity contribution in [2.24, 2.45) is 0 Å². The molecule has 0 unspecified atom stereocenters. The van der Waals surface area contributed by atoms with E-state index < -0.39 is 8.32 Å². The lowest BCUT2D eigenvalue weighted by Crippen LogP contribution is -2.66. The number of rotatable bonds is 10. The number of hydrogen-bond donors (Lipinski definition) is 0. The normalized spacial score (nSPS) is 12.0. The Labute approximate surface area is 191 Å². The molecular formula is C25H31ClN2O2Si. The maximum absolute atomic E-state index is 6.90. The van der Waals surface area contributed by atoms with Gasteiger partial charge >= 0.3 is 0 Å². The van der Waals surface area contributed by atoms with E-state index in [2.05, 4.69) is 91.4 Å². The van der Waals surface area contributed by atoms with E-state index >= 15 is 0 Å². The molecule has 0 atom stereocenters. The highest BCUT2D eigenvalue weighted by molar-refractivity contribution is 6.99. The van der Waals surface area contributed by atoms with Crippen LogP contribution in [0, 0.1) is 0 Å². The van der Waals surface area contributed by atoms with Crippen LogP contribution >= 0.6 is 11.6 Å². The quantitative estimate of drug-likeness (QED) is 0.247. The molecule has 0 saturated heterocycles. The van der Waals surface area contributed by atoms with Gasteiger partial charge in [-0.1, -0.05) is 81.4 Å². The Morgan fingerprint density at radius 2 is 1.35 bits per heavy atom. The number of unbranched alkanes of at least 4 members (excludes halogenated alkanes) is 1. The number of alkyl halides is 1. The van der Waals surface area contributed by atoms with Gasteiger partial charge in [0.1, 0.15) is 5.69 Å². The minimum absolute atomic E-state index is 0.0128. The predicted molar refractivity (Wildman–Crippen MR) is 130 cm³/mol. The molecule has 2 aromatic carbocycles. The highest BCUT2D eigenvalue weighted by atomic mass is 35.5. The molecule has 31 heavy (non-hydrogen) atoms. The molecule has 0 aliphatic carbocycles. The molecule has 0 aliphatic rings. The smallest absolute Gasteiger partial charge is 0.261 e. The fourth-order valence-corrected chi connectivity index (χ4v) is 8.72. The van der Waals surface area contributed by atoms with E-state index in [0.29, 0.717) is 30.7 Å². The molecule has 4 nitrogen and oxygen atoms in total. The van der Waals surface area contributed by atoms with Gasteiger partial charge in [0.15, 0.2) is 0 Å². The van der Waals surface area contributed by atoms with Gasteiger partial charge < -0.3 is 9.16 Å². The van der Waals surface area contributed by atoms with Gasteiger partial charge in [0.2, 0.25) is 5.88 Å². The summed E-state index contributed by atoms with van der Waals surface area (Å²) in [7, 11) is -2.47. The summed E-state index contributed by atoms with van der Waals surface area (Å²) >= 11 is 5.91. The molecule has 0 aliphatic heterocycles. The monoisotopic (exact) mass is 454 g/mol. The van der Waals surface area contributed by atoms with E-state index in [9.17, 15) is 0 Å². The zero-order valence-corrected chi connectivity index (χ0v) is 20.3. The van der Waals surface area contributed by atoms with Crippen molar-refractivity contribution in [1.29, 1.82) is 0 Å². The minimum atomic E-state index is -2.47. The van der Waals surface area contributed by atoms with Gasteiger partial charge in [-0.15, -0.1) is 11.6 Å². The number of hydrogen-bond acceptors (Lipinski definition) is 4. The second kappa shape index (κ2) is 10.9. The summed E-state index contributed by atoms with van der Waals surface area (Å²) in [5.74, 6) is 0.811. The summed E-state index contributed by atoms with van der Waals surface area (Å²) < 4.78 is 12.7. The van der Waals surface area contributed by atoms with Crippen LogP contribution in [-0.2, 0) is 10.3 Å². The van der Waals surface area contributed by atoms with Crippen molar-refractivity contribution in [3.8, 4) is 5.88 Å². The standard InChI is InChI=1S/C25H31ClN2O2Si/c1-25(2,3)31(21-12-6-4-7-13-21,22-14-8-5-9-15-22)30-19-11-10-18-29-24-23(20-26)27-16-17-28-24/h4-9,12-17H,10-11,18-20H2,1-3H3. The molecule has 6 heteroatoms. The number of nitrogens with zero attached hydrogens (tertiary/aromatic N) is 2. The molecule has 0 amide bonds. The molecule has 164 valence electrons. The highest BCUT2D eigenvalue weighted by Gasteiger charge is 2.49. The summed E-state index contributed by atoms with van der Waals surface area (Å²) in [6.45, 7) is 8.13. The molecule has 1 aromatic heterocycles. The fraction of sp³-hybridized carbons (Fsp3) is 0.360. The van der Waals surface area contributed by atoms with E-state index in [1.165, 1.54) is 10.4 Å². The summed E-state index contributed by atoms with van der Waals surface area (Å²) in [4.78, 5) is 8.42. The molecule has 0 spiro atoms. The van der Waals surface area contributed by atoms with Crippen LogP contribution < -0.4 is 15.1 Å². The topological polar surface area (TPSA) is 44.2 Å². The third kappa shape index (κ3) is 5.53. The van der Waals surface area contributed by atoms with E-state index in [0.717, 1.165) is 12.8 Å². The summed E-state index contributed by atoms with van der Waals surface area (Å²) in [5, 5.41) is 2.59. The van der Waals surface area contributed by atoms with Crippen LogP contribution in [0.1, 0.15) is 39.3 Å². The fourth-order valence-electron chi connectivity index (χ4n) is 3.93. The Morgan fingerprint density at radius 1 is 0.806 bits per heavy atom. The van der Waals surface area contributed by atoms with Crippen LogP contribution in [0.25, 0.3) is 0 Å². The van der Waals surface area contributed by atoms with Crippen molar-refractivity contribution in [2.75, 3.05) is 13.2 Å². The lowest BCUT2D eigenvalue weighted by molar-refractivity contribution is 0.251. The Bertz CT molecular complexity index is 894. The number of benzene rings is 2. The van der Waals surface area contributed by atoms with Crippen molar-refractivity contribution in [3.05, 3.63) is 78.8 Å². The molecule has 0 N–H and O–H groups in total. The number of ether oxygens (including phenoxy) is 1. The van der Waals surface area contributed by atoms with Crippen molar-refractivity contribution in [3.63, 3.8) is 0 Å². The van der Waals surface area contributed by atoms with E-state index in [4.69, 9.17) is 20.8 Å². The molecule has 0 bridgehead atoms. The minimum Gasteiger partial charge on any atom is -0.476 e. The maximum Gasteiger partial charge on any atom is 0.261 e. The van der Waals surface area contributed by atoms with E-state index in [1.807, 2.05) is 0 Å². The van der Waals surface area contributed by atoms with E-state index in [1.54, 1.807) is 12.4 Å². The lowest BCUT2D eigenvalue weighted by Gasteiger charge is -2.43. The first-order valence-corrected chi connectivity index (χ1v) is 13.2. The van der Waals surface area contributed by atoms with Gasteiger partial charge in [-0.2, -0.15) is 0 Å². The first kappa shape index (κ1) is 23.5. The molecule has 3 aromatic rings. The van der Waals surface area contributed by atoms with Crippen molar-refractivity contribution in [1.82, 2.24) is 9.97 Å². The maximum atomic E-state index is 6.90. The van der Waals surface area contributed by atoms with Gasteiger partial charge in [-0.3, -0.25) is 4.98 Å². The Balaban J connectivity index is 1.70. The largest absolute Gasteiger partial charge is 0.476 e. The van der Waals surface area contributed by atoms with Crippen LogP contribution in [0.5, 0.6) is 5.88 Å². The van der Waals surface area contributed by atoms with Crippen LogP contribution in [0.15, 0.2) is 73.1 Å². The van der Waals surface area contributed by atoms with Gasteiger partial charge in [0, 0.05) is 19.0 Å². The number of aromatic nitrogens is 2. The Hall–Kier alpha value is -2.21. The molecular weight excluding hydrogens is 424 g/mol. The van der Waals surface area contributed by atoms with Crippen LogP contribution in [0.3, 0.4) is 0 Å². The highest BCUT2D eigenvalue weighted by Crippen LogP contribution is 2.36. The zero-order chi connectivity index (χ0) is 22.2. The van der Waals surface area contributed by atoms with Crippen molar-refractivity contribution < 1.29 is 9.16 Å². The molecule has 0 fully saturated rings. The Kier molecular flexibility index (Phi) is 8.24. The second-order valence-electron chi connectivity index (χ2n) is 8.51. The van der Waals surface area contributed by atoms with Crippen molar-refractivity contribution in [2.45, 2.75) is 44.5 Å². The average Bonchev–Trinajstić information content (AvgIpc) is 2.79. The summed E-state index contributed by atoms with van der Waals surface area (Å²) in [6.07, 6.45) is 5.03. The average molecular weight is 455 g/mol. The van der Waals surface area contributed by atoms with Gasteiger partial charge in [-0.05, 0) is 28.3 Å². The van der Waals surface area contributed by atoms with Crippen LogP contribution in [0.2, 0.25) is 5.04 Å². The van der Waals surface area contributed by atoms with Gasteiger partial charge in [-0.25, -0.2) is 4.98 Å². The van der Waals surface area contributed by atoms with Gasteiger partial charge in [0.25, 0.3) is 8.32 Å². The third-order valence-electron chi connectivity index (χ3n) is 5.38. The summed E-state index contributed by atoms with van der Waals surface area (Å²) in [5.41, 5.74) is 0.674. The molecule has 3 rings (SSSR count). The predicted octanol–water partition coefficient (Wildman–Crippen LogP) is 4.95. The first-order valence-electron chi connectivity index (χ1n) is 10.7. The molecule has 1 heterocycles. The lowest BCUT2D eigenvalue weighted by atomic mass is 10.2. The molecule has 0 radical (unpaired) electrons. The Morgan fingerprint density at radius 3 is 1.90 bits per heavy atom. The summed E-state index contributed by atoms with van der Waals surface area (Å²) in [6, 6.07) is 21.4. The van der Waals surface area contributed by atoms with E-state index in [-0.39, 0.29) is 5.04 Å². The SMILES string of the molecule is CC(C)(C)[Si](OCCCCOc1nccnc1CCl)(c1ccccc1)c1ccccc1. The number of halogens is 1. The van der Waals surface area contributed by atoms with Crippen LogP contribution in [-0.4, -0.2) is 31.5 Å². The second-order valence-corrected chi connectivity index (χ2v) is 13.1. The zero-order valence-electron chi connectivity index (χ0n) is 18.6. The van der Waals surface area contributed by atoms with Gasteiger partial charge in [0.05, 0.1) is 12.5 Å². The third-order valence-corrected chi connectivity index (χ3v) is 10.7. The van der Waals surface area contributed by atoms with Crippen LogP contribution in [0.4, 0.5) is 0 Å². The molecule has 0 saturated carbocycles.